The molecule has 11 rings (SSSR count). The van der Waals surface area contributed by atoms with Crippen LogP contribution in [0.25, 0.3) is 93.7 Å². The summed E-state index contributed by atoms with van der Waals surface area (Å²) in [5.74, 6) is 0.728. The van der Waals surface area contributed by atoms with Gasteiger partial charge in [0, 0.05) is 38.1 Å². The molecule has 0 atom stereocenters. The van der Waals surface area contributed by atoms with E-state index in [4.69, 9.17) is 9.97 Å². The number of hydrogen-bond acceptors (Lipinski definition) is 2. The van der Waals surface area contributed by atoms with Gasteiger partial charge in [0.05, 0.1) is 27.9 Å². The Balaban J connectivity index is 1.12. The molecule has 3 nitrogen and oxygen atoms in total. The highest BCUT2D eigenvalue weighted by Gasteiger charge is 2.37. The van der Waals surface area contributed by atoms with Gasteiger partial charge in [-0.25, -0.2) is 9.97 Å². The maximum atomic E-state index is 5.17. The second-order valence-electron chi connectivity index (χ2n) is 14.6. The second kappa shape index (κ2) is 10.7. The summed E-state index contributed by atoms with van der Waals surface area (Å²) < 4.78 is 2.48. The molecule has 0 amide bonds. The van der Waals surface area contributed by atoms with E-state index in [9.17, 15) is 0 Å². The van der Waals surface area contributed by atoms with Crippen LogP contribution in [-0.4, -0.2) is 14.5 Å². The summed E-state index contributed by atoms with van der Waals surface area (Å²) in [6.45, 7) is 4.78. The summed E-state index contributed by atoms with van der Waals surface area (Å²) in [5.41, 5.74) is 12.9. The molecule has 0 saturated carbocycles. The minimum absolute atomic E-state index is 0.146. The topological polar surface area (TPSA) is 30.7 Å². The van der Waals surface area contributed by atoms with Crippen molar-refractivity contribution in [3.8, 4) is 39.5 Å². The normalized spacial score (nSPS) is 13.3. The van der Waals surface area contributed by atoms with Gasteiger partial charge in [-0.05, 0) is 74.8 Å². The molecule has 2 aromatic heterocycles. The second-order valence-corrected chi connectivity index (χ2v) is 14.6. The van der Waals surface area contributed by atoms with Gasteiger partial charge in [-0.15, -0.1) is 0 Å². The Kier molecular flexibility index (Phi) is 6.01. The first-order valence-corrected chi connectivity index (χ1v) is 18.0. The van der Waals surface area contributed by atoms with Gasteiger partial charge < -0.3 is 4.57 Å². The third-order valence-electron chi connectivity index (χ3n) is 11.3. The van der Waals surface area contributed by atoms with Crippen LogP contribution in [0.4, 0.5) is 0 Å². The van der Waals surface area contributed by atoms with Crippen molar-refractivity contribution in [1.82, 2.24) is 14.5 Å². The van der Waals surface area contributed by atoms with Gasteiger partial charge in [0.25, 0.3) is 0 Å². The lowest BCUT2D eigenvalue weighted by Gasteiger charge is -2.23. The largest absolute Gasteiger partial charge is 0.309 e. The molecule has 2 heterocycles. The monoisotopic (exact) mass is 663 g/mol. The highest BCUT2D eigenvalue weighted by atomic mass is 15.0. The third-order valence-corrected chi connectivity index (χ3v) is 11.3. The molecule has 1 aliphatic carbocycles. The zero-order valence-electron chi connectivity index (χ0n) is 28.9. The fraction of sp³-hybridized carbons (Fsp3) is 0.0612. The quantitative estimate of drug-likeness (QED) is 0.188. The van der Waals surface area contributed by atoms with Crippen LogP contribution in [0.15, 0.2) is 164 Å². The fourth-order valence-corrected chi connectivity index (χ4v) is 8.94. The molecule has 0 N–H and O–H groups in total. The molecule has 0 unspecified atom stereocenters. The molecule has 0 radical (unpaired) electrons. The van der Waals surface area contributed by atoms with Crippen LogP contribution in [0.1, 0.15) is 25.0 Å². The zero-order chi connectivity index (χ0) is 34.6. The predicted molar refractivity (Wildman–Crippen MR) is 217 cm³/mol. The molecular formula is C49H33N3. The summed E-state index contributed by atoms with van der Waals surface area (Å²) in [6, 6.07) is 59.2. The van der Waals surface area contributed by atoms with Crippen molar-refractivity contribution in [3.05, 3.63) is 175 Å². The molecule has 0 saturated heterocycles. The van der Waals surface area contributed by atoms with Crippen molar-refractivity contribution < 1.29 is 0 Å². The standard InChI is InChI=1S/C49H33N3/c1-49(2)41-29-45-40(28-39(41)37-26-23-30-13-6-7-17-35(30)46(37)49)36-18-9-11-21-44(36)52(45)43-22-12-16-32-27-33(24-25-34(32)43)48-50-42-20-10-8-19-38(42)47(51-48)31-14-4-3-5-15-31/h3-29H,1-2H3. The lowest BCUT2D eigenvalue weighted by molar-refractivity contribution is 0.667. The SMILES string of the molecule is CC1(C)c2cc3c(cc2-c2ccc4ccccc4c21)c1ccccc1n3-c1cccc2cc(-c3nc(-c4ccccc4)c4ccccc4n3)ccc12. The Bertz CT molecular complexity index is 3100. The van der Waals surface area contributed by atoms with E-state index in [0.29, 0.717) is 0 Å². The first kappa shape index (κ1) is 29.2. The lowest BCUT2D eigenvalue weighted by Crippen LogP contribution is -2.15. The van der Waals surface area contributed by atoms with E-state index in [1.54, 1.807) is 0 Å². The van der Waals surface area contributed by atoms with Gasteiger partial charge >= 0.3 is 0 Å². The molecule has 0 bridgehead atoms. The molecule has 52 heavy (non-hydrogen) atoms. The van der Waals surface area contributed by atoms with Crippen LogP contribution >= 0.6 is 0 Å². The first-order valence-electron chi connectivity index (χ1n) is 18.0. The van der Waals surface area contributed by atoms with Crippen LogP contribution in [0.2, 0.25) is 0 Å². The minimum Gasteiger partial charge on any atom is -0.309 e. The van der Waals surface area contributed by atoms with Crippen LogP contribution in [-0.2, 0) is 5.41 Å². The first-order chi connectivity index (χ1) is 25.5. The summed E-state index contributed by atoms with van der Waals surface area (Å²) in [6.07, 6.45) is 0. The Morgan fingerprint density at radius 2 is 1.21 bits per heavy atom. The molecule has 1 aliphatic rings. The smallest absolute Gasteiger partial charge is 0.160 e. The highest BCUT2D eigenvalue weighted by Crippen LogP contribution is 2.53. The number of benzene rings is 8. The van der Waals surface area contributed by atoms with E-state index in [1.807, 2.05) is 12.1 Å². The van der Waals surface area contributed by atoms with Gasteiger partial charge in [-0.1, -0.05) is 141 Å². The molecule has 0 spiro atoms. The predicted octanol–water partition coefficient (Wildman–Crippen LogP) is 12.7. The van der Waals surface area contributed by atoms with Crippen LogP contribution in [0.3, 0.4) is 0 Å². The summed E-state index contributed by atoms with van der Waals surface area (Å²) in [5, 5.41) is 8.57. The van der Waals surface area contributed by atoms with Crippen LogP contribution < -0.4 is 0 Å². The van der Waals surface area contributed by atoms with E-state index in [-0.39, 0.29) is 5.41 Å². The van der Waals surface area contributed by atoms with Gasteiger partial charge in [0.2, 0.25) is 0 Å². The Morgan fingerprint density at radius 3 is 2.10 bits per heavy atom. The highest BCUT2D eigenvalue weighted by molar-refractivity contribution is 6.13. The summed E-state index contributed by atoms with van der Waals surface area (Å²) >= 11 is 0. The number of nitrogens with zero attached hydrogens (tertiary/aromatic N) is 3. The molecule has 0 aliphatic heterocycles. The van der Waals surface area contributed by atoms with Gasteiger partial charge in [0.15, 0.2) is 5.82 Å². The number of para-hydroxylation sites is 2. The average Bonchev–Trinajstić information content (AvgIpc) is 3.64. The Morgan fingerprint density at radius 1 is 0.462 bits per heavy atom. The Labute approximate surface area is 301 Å². The maximum absolute atomic E-state index is 5.17. The van der Waals surface area contributed by atoms with E-state index >= 15 is 0 Å². The van der Waals surface area contributed by atoms with E-state index < -0.39 is 0 Å². The fourth-order valence-electron chi connectivity index (χ4n) is 8.94. The zero-order valence-corrected chi connectivity index (χ0v) is 28.9. The summed E-state index contributed by atoms with van der Waals surface area (Å²) in [4.78, 5) is 10.2. The summed E-state index contributed by atoms with van der Waals surface area (Å²) in [7, 11) is 0. The number of fused-ring (bicyclic) bond motifs is 10. The van der Waals surface area contributed by atoms with E-state index in [2.05, 4.69) is 170 Å². The van der Waals surface area contributed by atoms with Crippen LogP contribution in [0.5, 0.6) is 0 Å². The van der Waals surface area contributed by atoms with Gasteiger partial charge in [-0.3, -0.25) is 0 Å². The molecule has 10 aromatic rings. The van der Waals surface area contributed by atoms with Crippen molar-refractivity contribution in [2.45, 2.75) is 19.3 Å². The number of rotatable bonds is 3. The van der Waals surface area contributed by atoms with Gasteiger partial charge in [-0.2, -0.15) is 0 Å². The van der Waals surface area contributed by atoms with Crippen molar-refractivity contribution in [1.29, 1.82) is 0 Å². The van der Waals surface area contributed by atoms with E-state index in [1.165, 1.54) is 65.9 Å². The number of hydrogen-bond donors (Lipinski definition) is 0. The Hall–Kier alpha value is -6.58. The van der Waals surface area contributed by atoms with Crippen molar-refractivity contribution in [3.63, 3.8) is 0 Å². The van der Waals surface area contributed by atoms with Crippen LogP contribution in [0, 0.1) is 0 Å². The molecule has 0 fully saturated rings. The minimum atomic E-state index is -0.146. The van der Waals surface area contributed by atoms with Crippen molar-refractivity contribution in [2.24, 2.45) is 0 Å². The molecule has 244 valence electrons. The number of aromatic nitrogens is 3. The van der Waals surface area contributed by atoms with Crippen molar-refractivity contribution in [2.75, 3.05) is 0 Å². The molecular weight excluding hydrogens is 631 g/mol. The van der Waals surface area contributed by atoms with E-state index in [0.717, 1.165) is 38.9 Å². The molecule has 8 aromatic carbocycles. The third kappa shape index (κ3) is 4.08. The average molecular weight is 664 g/mol. The molecule has 3 heteroatoms. The van der Waals surface area contributed by atoms with Gasteiger partial charge in [0.1, 0.15) is 0 Å². The lowest BCUT2D eigenvalue weighted by atomic mass is 9.80. The maximum Gasteiger partial charge on any atom is 0.160 e. The van der Waals surface area contributed by atoms with Crippen molar-refractivity contribution >= 4 is 54.3 Å².